The fourth-order valence-corrected chi connectivity index (χ4v) is 6.06. The summed E-state index contributed by atoms with van der Waals surface area (Å²) in [6.45, 7) is 13.8. The molecule has 0 aromatic heterocycles. The van der Waals surface area contributed by atoms with E-state index in [1.54, 1.807) is 0 Å². The minimum absolute atomic E-state index is 0.0799. The van der Waals surface area contributed by atoms with Crippen LogP contribution in [0.2, 0.25) is 19.6 Å². The predicted molar refractivity (Wildman–Crippen MR) is 75.1 cm³/mol. The second-order valence-electron chi connectivity index (χ2n) is 5.57. The van der Waals surface area contributed by atoms with Crippen LogP contribution in [-0.2, 0) is 4.43 Å². The molecule has 0 amide bonds. The first-order valence-electron chi connectivity index (χ1n) is 5.40. The zero-order valence-corrected chi connectivity index (χ0v) is 14.7. The van der Waals surface area contributed by atoms with Gasteiger partial charge in [-0.3, -0.25) is 0 Å². The van der Waals surface area contributed by atoms with Crippen LogP contribution in [0.3, 0.4) is 0 Å². The smallest absolute Gasteiger partial charge is 0.146 e. The Morgan fingerprint density at radius 2 is 1.71 bits per heavy atom. The molecule has 0 bridgehead atoms. The molecule has 4 heteroatoms. The van der Waals surface area contributed by atoms with E-state index in [1.807, 2.05) is 0 Å². The van der Waals surface area contributed by atoms with E-state index in [0.717, 1.165) is 16.9 Å². The molecular formula is C10H26OSSi2. The van der Waals surface area contributed by atoms with Crippen molar-refractivity contribution in [2.75, 3.05) is 0 Å². The van der Waals surface area contributed by atoms with E-state index < -0.39 is 8.07 Å². The Kier molecular flexibility index (Phi) is 4.97. The van der Waals surface area contributed by atoms with Crippen molar-refractivity contribution in [1.82, 2.24) is 0 Å². The standard InChI is InChI=1S/C10H26OSSi2/c1-7-8-10(12,14(4,5)6)9(2,3)11-13/h12H,7-8H2,1-6,13H3/t10-/m1/s1. The Hall–Kier alpha value is 0.744. The average molecular weight is 251 g/mol. The monoisotopic (exact) mass is 250 g/mol. The summed E-state index contributed by atoms with van der Waals surface area (Å²) >= 11 is 5.00. The molecule has 0 unspecified atom stereocenters. The van der Waals surface area contributed by atoms with Gasteiger partial charge in [-0.1, -0.05) is 33.0 Å². The molecule has 86 valence electrons. The first-order valence-corrected chi connectivity index (χ1v) is 10.2. The molecule has 0 aliphatic carbocycles. The highest BCUT2D eigenvalue weighted by Crippen LogP contribution is 2.43. The van der Waals surface area contributed by atoms with E-state index in [1.165, 1.54) is 6.42 Å². The lowest BCUT2D eigenvalue weighted by Gasteiger charge is -2.50. The molecule has 14 heavy (non-hydrogen) atoms. The number of rotatable bonds is 5. The van der Waals surface area contributed by atoms with Crippen LogP contribution < -0.4 is 0 Å². The van der Waals surface area contributed by atoms with Gasteiger partial charge in [0.2, 0.25) is 0 Å². The number of hydrogen-bond donors (Lipinski definition) is 1. The molecule has 1 nitrogen and oxygen atoms in total. The molecule has 0 rings (SSSR count). The second-order valence-corrected chi connectivity index (χ2v) is 12.5. The molecule has 0 spiro atoms. The summed E-state index contributed by atoms with van der Waals surface area (Å²) in [6.07, 6.45) is 2.34. The molecule has 0 aliphatic rings. The molecule has 1 atom stereocenters. The summed E-state index contributed by atoms with van der Waals surface area (Å²) in [5, 5.41) is 0. The summed E-state index contributed by atoms with van der Waals surface area (Å²) in [5.41, 5.74) is -0.0805. The van der Waals surface area contributed by atoms with E-state index in [4.69, 9.17) is 17.1 Å². The van der Waals surface area contributed by atoms with Gasteiger partial charge < -0.3 is 4.43 Å². The average Bonchev–Trinajstić information content (AvgIpc) is 2.02. The van der Waals surface area contributed by atoms with E-state index in [2.05, 4.69) is 40.4 Å². The lowest BCUT2D eigenvalue weighted by atomic mass is 10.00. The van der Waals surface area contributed by atoms with Crippen LogP contribution in [-0.4, -0.2) is 28.5 Å². The minimum Gasteiger partial charge on any atom is -0.422 e. The van der Waals surface area contributed by atoms with E-state index in [9.17, 15) is 0 Å². The molecule has 0 fully saturated rings. The zero-order chi connectivity index (χ0) is 11.6. The van der Waals surface area contributed by atoms with Gasteiger partial charge in [-0.15, -0.1) is 0 Å². The Morgan fingerprint density at radius 3 is 1.93 bits per heavy atom. The quantitative estimate of drug-likeness (QED) is 0.582. The topological polar surface area (TPSA) is 9.23 Å². The van der Waals surface area contributed by atoms with Crippen LogP contribution in [0, 0.1) is 0 Å². The molecule has 0 saturated heterocycles. The lowest BCUT2D eigenvalue weighted by molar-refractivity contribution is 0.0982. The maximum absolute atomic E-state index is 5.78. The van der Waals surface area contributed by atoms with Gasteiger partial charge in [0.05, 0.1) is 13.7 Å². The van der Waals surface area contributed by atoms with Gasteiger partial charge >= 0.3 is 0 Å². The van der Waals surface area contributed by atoms with Crippen molar-refractivity contribution in [3.8, 4) is 0 Å². The Morgan fingerprint density at radius 1 is 1.29 bits per heavy atom. The van der Waals surface area contributed by atoms with Gasteiger partial charge in [-0.2, -0.15) is 12.6 Å². The molecule has 0 radical (unpaired) electrons. The zero-order valence-electron chi connectivity index (χ0n) is 10.8. The highest BCUT2D eigenvalue weighted by Gasteiger charge is 2.50. The van der Waals surface area contributed by atoms with Crippen LogP contribution in [0.5, 0.6) is 0 Å². The third-order valence-electron chi connectivity index (χ3n) is 3.36. The Balaban J connectivity index is 5.10. The Labute approximate surface area is 99.0 Å². The summed E-state index contributed by atoms with van der Waals surface area (Å²) in [4.78, 5) is 0. The third-order valence-corrected chi connectivity index (χ3v) is 10.5. The maximum Gasteiger partial charge on any atom is 0.146 e. The summed E-state index contributed by atoms with van der Waals surface area (Å²) in [5.74, 6) is 0. The SMILES string of the molecule is CCC[C@](S)(C(C)(C)O[SiH3])[Si](C)(C)C. The van der Waals surface area contributed by atoms with E-state index >= 15 is 0 Å². The summed E-state index contributed by atoms with van der Waals surface area (Å²) in [6, 6.07) is 0. The second kappa shape index (κ2) is 4.72. The van der Waals surface area contributed by atoms with Gasteiger partial charge in [-0.25, -0.2) is 0 Å². The highest BCUT2D eigenvalue weighted by molar-refractivity contribution is 7.84. The molecule has 0 aromatic carbocycles. The van der Waals surface area contributed by atoms with Gasteiger partial charge in [0, 0.05) is 4.37 Å². The van der Waals surface area contributed by atoms with Crippen molar-refractivity contribution in [2.45, 2.75) is 63.2 Å². The lowest BCUT2D eigenvalue weighted by Crippen LogP contribution is -2.61. The van der Waals surface area contributed by atoms with Crippen LogP contribution in [0.1, 0.15) is 33.6 Å². The highest BCUT2D eigenvalue weighted by atomic mass is 32.1. The van der Waals surface area contributed by atoms with Crippen molar-refractivity contribution < 1.29 is 4.43 Å². The molecular weight excluding hydrogens is 224 g/mol. The van der Waals surface area contributed by atoms with Gasteiger partial charge in [-0.05, 0) is 20.3 Å². The first kappa shape index (κ1) is 14.7. The fourth-order valence-electron chi connectivity index (χ4n) is 2.11. The van der Waals surface area contributed by atoms with Crippen molar-refractivity contribution in [3.63, 3.8) is 0 Å². The van der Waals surface area contributed by atoms with Crippen molar-refractivity contribution >= 4 is 31.2 Å². The third kappa shape index (κ3) is 2.65. The molecule has 0 aromatic rings. The van der Waals surface area contributed by atoms with E-state index in [0.29, 0.717) is 0 Å². The summed E-state index contributed by atoms with van der Waals surface area (Å²) < 4.78 is 5.86. The maximum atomic E-state index is 5.78. The van der Waals surface area contributed by atoms with Crippen LogP contribution in [0.15, 0.2) is 0 Å². The number of thiol groups is 1. The van der Waals surface area contributed by atoms with Gasteiger partial charge in [0.15, 0.2) is 0 Å². The van der Waals surface area contributed by atoms with Crippen molar-refractivity contribution in [1.29, 1.82) is 0 Å². The molecule has 0 N–H and O–H groups in total. The molecule has 0 saturated carbocycles. The fraction of sp³-hybridized carbons (Fsp3) is 1.00. The first-order chi connectivity index (χ1) is 6.12. The largest absolute Gasteiger partial charge is 0.422 e. The van der Waals surface area contributed by atoms with Gasteiger partial charge in [0.1, 0.15) is 10.5 Å². The number of hydrogen-bond acceptors (Lipinski definition) is 2. The van der Waals surface area contributed by atoms with Crippen LogP contribution in [0.4, 0.5) is 0 Å². The molecule has 0 aliphatic heterocycles. The van der Waals surface area contributed by atoms with Crippen LogP contribution in [0.25, 0.3) is 0 Å². The minimum atomic E-state index is -1.33. The normalized spacial score (nSPS) is 18.2. The van der Waals surface area contributed by atoms with Crippen molar-refractivity contribution in [3.05, 3.63) is 0 Å². The van der Waals surface area contributed by atoms with Gasteiger partial charge in [0.25, 0.3) is 0 Å². The summed E-state index contributed by atoms with van der Waals surface area (Å²) in [7, 11) is -0.534. The van der Waals surface area contributed by atoms with Crippen LogP contribution >= 0.6 is 12.6 Å². The van der Waals surface area contributed by atoms with E-state index in [-0.39, 0.29) is 9.97 Å². The van der Waals surface area contributed by atoms with Crippen molar-refractivity contribution in [2.24, 2.45) is 0 Å². The predicted octanol–water partition coefficient (Wildman–Crippen LogP) is 2.41. The molecule has 0 heterocycles. The Bertz CT molecular complexity index is 189.